The van der Waals surface area contributed by atoms with Gasteiger partial charge in [-0.25, -0.2) is 0 Å². The highest BCUT2D eigenvalue weighted by atomic mass is 32.1. The lowest BCUT2D eigenvalue weighted by molar-refractivity contribution is -0.906. The van der Waals surface area contributed by atoms with E-state index in [2.05, 4.69) is 10.3 Å². The molecule has 0 aliphatic carbocycles. The molecule has 2 N–H and O–H groups in total. The van der Waals surface area contributed by atoms with Crippen molar-refractivity contribution in [1.82, 2.24) is 10.2 Å². The molecule has 0 aromatic rings. The molecule has 0 unspecified atom stereocenters. The third kappa shape index (κ3) is 4.55. The van der Waals surface area contributed by atoms with Crippen LogP contribution in [0.4, 0.5) is 0 Å². The molecule has 8 heteroatoms. The molecule has 2 aliphatic heterocycles. The summed E-state index contributed by atoms with van der Waals surface area (Å²) in [6.45, 7) is 8.90. The van der Waals surface area contributed by atoms with E-state index in [0.29, 0.717) is 6.54 Å². The Hall–Kier alpha value is -1.38. The molecule has 0 aromatic carbocycles. The van der Waals surface area contributed by atoms with Crippen LogP contribution < -0.4 is 10.2 Å². The first-order chi connectivity index (χ1) is 11.0. The summed E-state index contributed by atoms with van der Waals surface area (Å²) in [7, 11) is 0. The van der Waals surface area contributed by atoms with Crippen LogP contribution in [0.5, 0.6) is 0 Å². The number of rotatable bonds is 6. The number of hydrogen-bond acceptors (Lipinski definition) is 5. The highest BCUT2D eigenvalue weighted by molar-refractivity contribution is 7.80. The molecule has 0 bridgehead atoms. The van der Waals surface area contributed by atoms with Crippen LogP contribution in [0.1, 0.15) is 20.3 Å². The van der Waals surface area contributed by atoms with E-state index in [-0.39, 0.29) is 23.0 Å². The number of hydrogen-bond donors (Lipinski definition) is 2. The van der Waals surface area contributed by atoms with Gasteiger partial charge in [-0.3, -0.25) is 19.5 Å². The first kappa shape index (κ1) is 18.0. The SMILES string of the molecule is CC[C@H](C)N1C(=O)[C@H](C=NCC[NH+]2CCOCC2)C(=O)NC1=S. The molecule has 2 aliphatic rings. The van der Waals surface area contributed by atoms with Crippen molar-refractivity contribution in [1.29, 1.82) is 0 Å². The third-order valence-corrected chi connectivity index (χ3v) is 4.61. The summed E-state index contributed by atoms with van der Waals surface area (Å²) in [5.74, 6) is -1.55. The second-order valence-electron chi connectivity index (χ2n) is 5.91. The average Bonchev–Trinajstić information content (AvgIpc) is 2.54. The van der Waals surface area contributed by atoms with Crippen LogP contribution in [0.15, 0.2) is 4.99 Å². The molecule has 2 heterocycles. The Kier molecular flexibility index (Phi) is 6.61. The van der Waals surface area contributed by atoms with Crippen molar-refractivity contribution in [2.24, 2.45) is 10.9 Å². The smallest absolute Gasteiger partial charge is 0.247 e. The first-order valence-corrected chi connectivity index (χ1v) is 8.54. The molecule has 128 valence electrons. The zero-order chi connectivity index (χ0) is 16.8. The van der Waals surface area contributed by atoms with Crippen LogP contribution in [0, 0.1) is 5.92 Å². The summed E-state index contributed by atoms with van der Waals surface area (Å²) < 4.78 is 5.31. The van der Waals surface area contributed by atoms with E-state index in [1.807, 2.05) is 13.8 Å². The number of morpholine rings is 1. The second-order valence-corrected chi connectivity index (χ2v) is 6.29. The number of amides is 2. The van der Waals surface area contributed by atoms with Gasteiger partial charge in [0.25, 0.3) is 0 Å². The third-order valence-electron chi connectivity index (χ3n) is 4.32. The first-order valence-electron chi connectivity index (χ1n) is 8.13. The zero-order valence-electron chi connectivity index (χ0n) is 13.7. The maximum absolute atomic E-state index is 12.5. The zero-order valence-corrected chi connectivity index (χ0v) is 14.5. The predicted octanol–water partition coefficient (Wildman–Crippen LogP) is -1.37. The number of nitrogens with zero attached hydrogens (tertiary/aromatic N) is 2. The standard InChI is InChI=1S/C15H24N4O3S/c1-3-11(2)19-14(21)12(13(20)17-15(19)23)10-16-4-5-18-6-8-22-9-7-18/h10-12H,3-9H2,1-2H3,(H,17,20,23)/p+1/t11-,12+/m0/s1. The largest absolute Gasteiger partial charge is 0.370 e. The Morgan fingerprint density at radius 1 is 1.48 bits per heavy atom. The lowest BCUT2D eigenvalue weighted by Crippen LogP contribution is -3.14. The summed E-state index contributed by atoms with van der Waals surface area (Å²) in [6.07, 6.45) is 2.24. The van der Waals surface area contributed by atoms with Crippen molar-refractivity contribution in [3.63, 3.8) is 0 Å². The summed E-state index contributed by atoms with van der Waals surface area (Å²) in [5.41, 5.74) is 0. The van der Waals surface area contributed by atoms with E-state index in [0.717, 1.165) is 39.3 Å². The molecule has 7 nitrogen and oxygen atoms in total. The Bertz CT molecular complexity index is 491. The van der Waals surface area contributed by atoms with Gasteiger partial charge >= 0.3 is 0 Å². The van der Waals surface area contributed by atoms with Gasteiger partial charge in [0.15, 0.2) is 11.0 Å². The van der Waals surface area contributed by atoms with E-state index < -0.39 is 5.92 Å². The van der Waals surface area contributed by atoms with E-state index in [9.17, 15) is 9.59 Å². The molecular weight excluding hydrogens is 316 g/mol. The fourth-order valence-electron chi connectivity index (χ4n) is 2.65. The number of thiocarbonyl (C=S) groups is 1. The quantitative estimate of drug-likeness (QED) is 0.355. The Morgan fingerprint density at radius 2 is 2.17 bits per heavy atom. The monoisotopic (exact) mass is 341 g/mol. The normalized spacial score (nSPS) is 25.0. The second kappa shape index (κ2) is 8.47. The summed E-state index contributed by atoms with van der Waals surface area (Å²) in [4.78, 5) is 31.7. The molecule has 0 spiro atoms. The Labute approximate surface area is 142 Å². The summed E-state index contributed by atoms with van der Waals surface area (Å²) in [6, 6.07) is -0.0377. The molecular formula is C15H25N4O3S+. The minimum Gasteiger partial charge on any atom is -0.370 e. The topological polar surface area (TPSA) is 75.4 Å². The van der Waals surface area contributed by atoms with Gasteiger partial charge in [0, 0.05) is 12.3 Å². The van der Waals surface area contributed by atoms with Gasteiger partial charge in [-0.15, -0.1) is 0 Å². The molecule has 2 amide bonds. The van der Waals surface area contributed by atoms with E-state index >= 15 is 0 Å². The summed E-state index contributed by atoms with van der Waals surface area (Å²) >= 11 is 5.11. The van der Waals surface area contributed by atoms with Gasteiger partial charge in [-0.2, -0.15) is 0 Å². The number of carbonyl (C=O) groups is 2. The van der Waals surface area contributed by atoms with E-state index in [4.69, 9.17) is 17.0 Å². The molecule has 2 fully saturated rings. The lowest BCUT2D eigenvalue weighted by atomic mass is 10.0. The van der Waals surface area contributed by atoms with Crippen LogP contribution in [-0.2, 0) is 14.3 Å². The van der Waals surface area contributed by atoms with Crippen LogP contribution in [0.2, 0.25) is 0 Å². The molecule has 2 atom stereocenters. The highest BCUT2D eigenvalue weighted by Crippen LogP contribution is 2.14. The van der Waals surface area contributed by atoms with Crippen molar-refractivity contribution >= 4 is 35.4 Å². The van der Waals surface area contributed by atoms with Crippen LogP contribution >= 0.6 is 12.2 Å². The number of quaternary nitrogens is 1. The van der Waals surface area contributed by atoms with Crippen molar-refractivity contribution in [2.75, 3.05) is 39.4 Å². The molecule has 23 heavy (non-hydrogen) atoms. The van der Waals surface area contributed by atoms with Gasteiger partial charge in [-0.05, 0) is 25.6 Å². The number of carbonyl (C=O) groups excluding carboxylic acids is 2. The van der Waals surface area contributed by atoms with E-state index in [1.165, 1.54) is 16.0 Å². The molecule has 2 saturated heterocycles. The van der Waals surface area contributed by atoms with Crippen molar-refractivity contribution in [3.8, 4) is 0 Å². The van der Waals surface area contributed by atoms with Crippen LogP contribution in [0.25, 0.3) is 0 Å². The highest BCUT2D eigenvalue weighted by Gasteiger charge is 2.39. The summed E-state index contributed by atoms with van der Waals surface area (Å²) in [5, 5.41) is 2.79. The van der Waals surface area contributed by atoms with Gasteiger partial charge in [0.1, 0.15) is 13.1 Å². The van der Waals surface area contributed by atoms with Gasteiger partial charge < -0.3 is 15.0 Å². The Morgan fingerprint density at radius 3 is 2.83 bits per heavy atom. The van der Waals surface area contributed by atoms with Crippen LogP contribution in [-0.4, -0.2) is 73.5 Å². The Balaban J connectivity index is 1.91. The number of aliphatic imine (C=N–C) groups is 1. The minimum absolute atomic E-state index is 0.0377. The van der Waals surface area contributed by atoms with Crippen molar-refractivity contribution in [2.45, 2.75) is 26.3 Å². The van der Waals surface area contributed by atoms with Gasteiger partial charge in [0.2, 0.25) is 11.8 Å². The number of nitrogens with one attached hydrogen (secondary N) is 2. The average molecular weight is 341 g/mol. The van der Waals surface area contributed by atoms with Crippen molar-refractivity contribution in [3.05, 3.63) is 0 Å². The molecule has 0 aromatic heterocycles. The maximum Gasteiger partial charge on any atom is 0.247 e. The fraction of sp³-hybridized carbons (Fsp3) is 0.733. The minimum atomic E-state index is -0.879. The molecule has 0 saturated carbocycles. The molecule has 0 radical (unpaired) electrons. The maximum atomic E-state index is 12.5. The van der Waals surface area contributed by atoms with Gasteiger partial charge in [-0.1, -0.05) is 6.92 Å². The fourth-order valence-corrected chi connectivity index (χ4v) is 3.02. The van der Waals surface area contributed by atoms with E-state index in [1.54, 1.807) is 0 Å². The van der Waals surface area contributed by atoms with Gasteiger partial charge in [0.05, 0.1) is 26.3 Å². The lowest BCUT2D eigenvalue weighted by Gasteiger charge is -2.34. The van der Waals surface area contributed by atoms with Crippen LogP contribution in [0.3, 0.4) is 0 Å². The predicted molar refractivity (Wildman–Crippen MR) is 90.6 cm³/mol. The van der Waals surface area contributed by atoms with Crippen molar-refractivity contribution < 1.29 is 19.2 Å². The molecule has 2 rings (SSSR count). The number of ether oxygens (including phenoxy) is 1.